The highest BCUT2D eigenvalue weighted by atomic mass is 19.4. The van der Waals surface area contributed by atoms with Crippen LogP contribution in [0.25, 0.3) is 28.0 Å². The van der Waals surface area contributed by atoms with E-state index in [0.29, 0.717) is 23.0 Å². The van der Waals surface area contributed by atoms with Crippen molar-refractivity contribution in [2.24, 2.45) is 0 Å². The standard InChI is InChI=1S/C26H19F3N6O/c1-15-5-6-19(34-25(36)16-3-2-4-18(9-16)26(27,28)29)10-20(15)21-11-22-17(13-31-21)7-8-35(22)24-12-23(30)32-14-33-24/h2-14H,1H3,(H,34,36)(H2,30,32,33). The van der Waals surface area contributed by atoms with Crippen LogP contribution in [0, 0.1) is 6.92 Å². The zero-order valence-corrected chi connectivity index (χ0v) is 18.9. The summed E-state index contributed by atoms with van der Waals surface area (Å²) in [5.74, 6) is 0.305. The summed E-state index contributed by atoms with van der Waals surface area (Å²) in [7, 11) is 0. The van der Waals surface area contributed by atoms with Crippen molar-refractivity contribution in [3.8, 4) is 17.1 Å². The van der Waals surface area contributed by atoms with Gasteiger partial charge in [0, 0.05) is 40.7 Å². The van der Waals surface area contributed by atoms with Gasteiger partial charge in [0.2, 0.25) is 0 Å². The maximum atomic E-state index is 13.0. The van der Waals surface area contributed by atoms with Crippen molar-refractivity contribution in [3.05, 3.63) is 96.1 Å². The predicted molar refractivity (Wildman–Crippen MR) is 131 cm³/mol. The monoisotopic (exact) mass is 488 g/mol. The minimum Gasteiger partial charge on any atom is -0.384 e. The van der Waals surface area contributed by atoms with Crippen LogP contribution in [0.2, 0.25) is 0 Å². The van der Waals surface area contributed by atoms with Crippen LogP contribution < -0.4 is 11.1 Å². The second kappa shape index (κ2) is 8.81. The van der Waals surface area contributed by atoms with Gasteiger partial charge in [-0.15, -0.1) is 0 Å². The lowest BCUT2D eigenvalue weighted by Gasteiger charge is -2.12. The summed E-state index contributed by atoms with van der Waals surface area (Å²) in [6.45, 7) is 1.91. The molecule has 10 heteroatoms. The maximum Gasteiger partial charge on any atom is 0.416 e. The van der Waals surface area contributed by atoms with Gasteiger partial charge >= 0.3 is 6.18 Å². The molecule has 3 N–H and O–H groups in total. The van der Waals surface area contributed by atoms with Crippen molar-refractivity contribution in [1.82, 2.24) is 19.5 Å². The molecule has 7 nitrogen and oxygen atoms in total. The number of alkyl halides is 3. The molecule has 0 fully saturated rings. The number of nitrogens with zero attached hydrogens (tertiary/aromatic N) is 4. The number of fused-ring (bicyclic) bond motifs is 1. The number of amides is 1. The number of halogens is 3. The van der Waals surface area contributed by atoms with E-state index in [4.69, 9.17) is 5.73 Å². The van der Waals surface area contributed by atoms with E-state index in [1.54, 1.807) is 24.4 Å². The molecule has 0 aliphatic heterocycles. The van der Waals surface area contributed by atoms with Crippen molar-refractivity contribution < 1.29 is 18.0 Å². The first-order valence-corrected chi connectivity index (χ1v) is 10.8. The number of aryl methyl sites for hydroxylation is 1. The molecule has 5 rings (SSSR count). The van der Waals surface area contributed by atoms with E-state index >= 15 is 0 Å². The summed E-state index contributed by atoms with van der Waals surface area (Å²) in [5.41, 5.74) is 8.42. The van der Waals surface area contributed by atoms with Gasteiger partial charge in [-0.25, -0.2) is 9.97 Å². The second-order valence-electron chi connectivity index (χ2n) is 8.18. The Balaban J connectivity index is 1.48. The van der Waals surface area contributed by atoms with Gasteiger partial charge in [0.25, 0.3) is 5.91 Å². The summed E-state index contributed by atoms with van der Waals surface area (Å²) >= 11 is 0. The number of nitrogens with one attached hydrogen (secondary N) is 1. The van der Waals surface area contributed by atoms with Gasteiger partial charge in [0.05, 0.1) is 16.8 Å². The summed E-state index contributed by atoms with van der Waals surface area (Å²) in [6, 6.07) is 15.0. The van der Waals surface area contributed by atoms with Gasteiger partial charge in [0.1, 0.15) is 18.0 Å². The lowest BCUT2D eigenvalue weighted by atomic mass is 10.0. The highest BCUT2D eigenvalue weighted by Gasteiger charge is 2.30. The first kappa shape index (κ1) is 23.0. The highest BCUT2D eigenvalue weighted by molar-refractivity contribution is 6.04. The van der Waals surface area contributed by atoms with Gasteiger partial charge in [-0.1, -0.05) is 12.1 Å². The largest absolute Gasteiger partial charge is 0.416 e. The van der Waals surface area contributed by atoms with Crippen LogP contribution >= 0.6 is 0 Å². The Hall–Kier alpha value is -4.73. The molecule has 0 radical (unpaired) electrons. The molecule has 3 aromatic heterocycles. The number of nitrogen functional groups attached to an aromatic ring is 1. The molecular formula is C26H19F3N6O. The number of carbonyl (C=O) groups is 1. The Bertz CT molecular complexity index is 1610. The van der Waals surface area contributed by atoms with Crippen LogP contribution in [-0.2, 0) is 6.18 Å². The lowest BCUT2D eigenvalue weighted by Crippen LogP contribution is -2.14. The first-order valence-electron chi connectivity index (χ1n) is 10.8. The number of rotatable bonds is 4. The molecule has 36 heavy (non-hydrogen) atoms. The molecule has 1 amide bonds. The number of hydrogen-bond acceptors (Lipinski definition) is 5. The minimum atomic E-state index is -4.53. The third kappa shape index (κ3) is 4.48. The van der Waals surface area contributed by atoms with Crippen molar-refractivity contribution in [1.29, 1.82) is 0 Å². The van der Waals surface area contributed by atoms with Crippen LogP contribution in [-0.4, -0.2) is 25.4 Å². The quantitative estimate of drug-likeness (QED) is 0.341. The molecule has 0 spiro atoms. The summed E-state index contributed by atoms with van der Waals surface area (Å²) in [5, 5.41) is 3.57. The first-order chi connectivity index (χ1) is 17.2. The topological polar surface area (TPSA) is 98.7 Å². The van der Waals surface area contributed by atoms with E-state index < -0.39 is 17.6 Å². The number of benzene rings is 2. The van der Waals surface area contributed by atoms with E-state index in [1.165, 1.54) is 18.5 Å². The Morgan fingerprint density at radius 3 is 2.61 bits per heavy atom. The van der Waals surface area contributed by atoms with Crippen molar-refractivity contribution >= 4 is 28.3 Å². The molecule has 2 aromatic carbocycles. The normalized spacial score (nSPS) is 11.6. The van der Waals surface area contributed by atoms with Gasteiger partial charge in [0.15, 0.2) is 0 Å². The zero-order valence-electron chi connectivity index (χ0n) is 18.9. The Morgan fingerprint density at radius 1 is 1.00 bits per heavy atom. The van der Waals surface area contributed by atoms with E-state index in [-0.39, 0.29) is 5.56 Å². The van der Waals surface area contributed by atoms with Crippen molar-refractivity contribution in [2.45, 2.75) is 13.1 Å². The molecular weight excluding hydrogens is 469 g/mol. The van der Waals surface area contributed by atoms with Crippen LogP contribution in [0.4, 0.5) is 24.7 Å². The molecule has 5 aromatic rings. The van der Waals surface area contributed by atoms with Crippen molar-refractivity contribution in [3.63, 3.8) is 0 Å². The number of nitrogens with two attached hydrogens (primary N) is 1. The number of aromatic nitrogens is 4. The molecule has 0 saturated carbocycles. The lowest BCUT2D eigenvalue weighted by molar-refractivity contribution is -0.137. The van der Waals surface area contributed by atoms with E-state index in [2.05, 4.69) is 20.3 Å². The summed E-state index contributed by atoms with van der Waals surface area (Å²) in [4.78, 5) is 25.5. The van der Waals surface area contributed by atoms with Crippen LogP contribution in [0.1, 0.15) is 21.5 Å². The minimum absolute atomic E-state index is 0.0894. The molecule has 0 bridgehead atoms. The summed E-state index contributed by atoms with van der Waals surface area (Å²) in [6.07, 6.45) is 0.446. The molecule has 0 aliphatic carbocycles. The van der Waals surface area contributed by atoms with Crippen molar-refractivity contribution in [2.75, 3.05) is 11.1 Å². The fraction of sp³-hybridized carbons (Fsp3) is 0.0769. The van der Waals surface area contributed by atoms with Crippen LogP contribution in [0.15, 0.2) is 79.4 Å². The molecule has 0 saturated heterocycles. The zero-order chi connectivity index (χ0) is 25.4. The average molecular weight is 488 g/mol. The number of carbonyl (C=O) groups excluding carboxylic acids is 1. The molecule has 180 valence electrons. The Kier molecular flexibility index (Phi) is 5.63. The van der Waals surface area contributed by atoms with Crippen LogP contribution in [0.3, 0.4) is 0 Å². The third-order valence-electron chi connectivity index (χ3n) is 5.72. The maximum absolute atomic E-state index is 13.0. The molecule has 0 atom stereocenters. The van der Waals surface area contributed by atoms with E-state index in [0.717, 1.165) is 34.2 Å². The van der Waals surface area contributed by atoms with Gasteiger partial charge in [-0.2, -0.15) is 13.2 Å². The highest BCUT2D eigenvalue weighted by Crippen LogP contribution is 2.31. The van der Waals surface area contributed by atoms with E-state index in [1.807, 2.05) is 35.9 Å². The fourth-order valence-electron chi connectivity index (χ4n) is 3.88. The number of anilines is 2. The number of pyridine rings is 1. The molecule has 0 unspecified atom stereocenters. The fourth-order valence-corrected chi connectivity index (χ4v) is 3.88. The van der Waals surface area contributed by atoms with E-state index in [9.17, 15) is 18.0 Å². The smallest absolute Gasteiger partial charge is 0.384 e. The average Bonchev–Trinajstić information content (AvgIpc) is 3.28. The van der Waals surface area contributed by atoms with Crippen LogP contribution in [0.5, 0.6) is 0 Å². The van der Waals surface area contributed by atoms with Gasteiger partial charge in [-0.3, -0.25) is 9.78 Å². The Labute approximate surface area is 203 Å². The predicted octanol–water partition coefficient (Wildman–Crippen LogP) is 5.64. The SMILES string of the molecule is Cc1ccc(NC(=O)c2cccc(C(F)(F)F)c2)cc1-c1cc2c(ccn2-c2cc(N)ncn2)cn1. The number of hydrogen-bond donors (Lipinski definition) is 2. The summed E-state index contributed by atoms with van der Waals surface area (Å²) < 4.78 is 41.0. The second-order valence-corrected chi connectivity index (χ2v) is 8.18. The molecule has 3 heterocycles. The Morgan fingerprint density at radius 2 is 1.83 bits per heavy atom. The third-order valence-corrected chi connectivity index (χ3v) is 5.72. The van der Waals surface area contributed by atoms with Gasteiger partial charge in [-0.05, 0) is 55.0 Å². The molecule has 0 aliphatic rings. The van der Waals surface area contributed by atoms with Gasteiger partial charge < -0.3 is 15.6 Å².